The maximum absolute atomic E-state index is 13.7. The van der Waals surface area contributed by atoms with E-state index in [0.717, 1.165) is 24.4 Å². The largest absolute Gasteiger partial charge is 0.465 e. The van der Waals surface area contributed by atoms with Crippen molar-refractivity contribution in [3.8, 4) is 0 Å². The average molecular weight is 481 g/mol. The van der Waals surface area contributed by atoms with Gasteiger partial charge < -0.3 is 15.1 Å². The standard InChI is InChI=1S/C24H37ClN2O4Si/c1-17(2)20(27(22(29)30)14-15-32(3,4)5)21(28)26-13-12-24(31,23(16-26)10-11-23)18-6-8-19(25)9-7-18/h6-9,17,20,31H,10-16H2,1-5H3,(H,29,30)/t20-,24?/m1/s1. The molecule has 1 saturated heterocycles. The van der Waals surface area contributed by atoms with Gasteiger partial charge in [-0.1, -0.05) is 57.2 Å². The lowest BCUT2D eigenvalue weighted by Crippen LogP contribution is -2.59. The molecule has 2 atom stereocenters. The number of rotatable bonds is 7. The predicted octanol–water partition coefficient (Wildman–Crippen LogP) is 4.88. The Morgan fingerprint density at radius 2 is 1.75 bits per heavy atom. The summed E-state index contributed by atoms with van der Waals surface area (Å²) in [6.07, 6.45) is 1.10. The van der Waals surface area contributed by atoms with Gasteiger partial charge in [-0.2, -0.15) is 0 Å². The second-order valence-corrected chi connectivity index (χ2v) is 17.2. The molecule has 0 radical (unpaired) electrons. The van der Waals surface area contributed by atoms with Gasteiger partial charge in [-0.15, -0.1) is 0 Å². The molecule has 2 aliphatic rings. The summed E-state index contributed by atoms with van der Waals surface area (Å²) in [6, 6.07) is 7.44. The number of amides is 2. The summed E-state index contributed by atoms with van der Waals surface area (Å²) in [5.41, 5.74) is -0.525. The number of benzene rings is 1. The van der Waals surface area contributed by atoms with Gasteiger partial charge in [0.05, 0.1) is 5.60 Å². The van der Waals surface area contributed by atoms with E-state index in [9.17, 15) is 19.8 Å². The number of aliphatic hydroxyl groups is 1. The fourth-order valence-electron chi connectivity index (χ4n) is 5.00. The molecular weight excluding hydrogens is 444 g/mol. The zero-order chi connectivity index (χ0) is 23.9. The summed E-state index contributed by atoms with van der Waals surface area (Å²) in [7, 11) is -1.47. The molecule has 3 rings (SSSR count). The van der Waals surface area contributed by atoms with E-state index >= 15 is 0 Å². The zero-order valence-electron chi connectivity index (χ0n) is 19.9. The first-order valence-electron chi connectivity index (χ1n) is 11.6. The molecular formula is C24H37ClN2O4Si. The van der Waals surface area contributed by atoms with Crippen molar-refractivity contribution in [1.29, 1.82) is 0 Å². The first-order valence-corrected chi connectivity index (χ1v) is 15.6. The molecule has 1 spiro atoms. The number of nitrogens with zero attached hydrogens (tertiary/aromatic N) is 2. The third-order valence-corrected chi connectivity index (χ3v) is 9.15. The van der Waals surface area contributed by atoms with Crippen LogP contribution in [0, 0.1) is 11.3 Å². The van der Waals surface area contributed by atoms with Crippen LogP contribution in [0.3, 0.4) is 0 Å². The third kappa shape index (κ3) is 5.00. The van der Waals surface area contributed by atoms with E-state index in [1.807, 2.05) is 26.0 Å². The minimum Gasteiger partial charge on any atom is -0.465 e. The fourth-order valence-corrected chi connectivity index (χ4v) is 6.04. The summed E-state index contributed by atoms with van der Waals surface area (Å²) in [5.74, 6) is -0.269. The maximum atomic E-state index is 13.7. The summed E-state index contributed by atoms with van der Waals surface area (Å²) in [5, 5.41) is 22.2. The lowest BCUT2D eigenvalue weighted by atomic mass is 9.73. The molecule has 32 heavy (non-hydrogen) atoms. The van der Waals surface area contributed by atoms with Crippen molar-refractivity contribution in [1.82, 2.24) is 9.80 Å². The highest BCUT2D eigenvalue weighted by atomic mass is 35.5. The fraction of sp³-hybridized carbons (Fsp3) is 0.667. The maximum Gasteiger partial charge on any atom is 0.407 e. The second-order valence-electron chi connectivity index (χ2n) is 11.1. The number of likely N-dealkylation sites (tertiary alicyclic amines) is 1. The molecule has 1 heterocycles. The topological polar surface area (TPSA) is 81.1 Å². The Kier molecular flexibility index (Phi) is 7.04. The first kappa shape index (κ1) is 25.1. The van der Waals surface area contributed by atoms with Crippen molar-refractivity contribution in [3.63, 3.8) is 0 Å². The molecule has 6 nitrogen and oxygen atoms in total. The number of piperidine rings is 1. The number of carbonyl (C=O) groups is 2. The van der Waals surface area contributed by atoms with Crippen LogP contribution in [0.2, 0.25) is 30.7 Å². The predicted molar refractivity (Wildman–Crippen MR) is 130 cm³/mol. The molecule has 0 bridgehead atoms. The van der Waals surface area contributed by atoms with Crippen LogP contribution in [0.5, 0.6) is 0 Å². The van der Waals surface area contributed by atoms with Crippen molar-refractivity contribution in [2.75, 3.05) is 19.6 Å². The number of hydrogen-bond acceptors (Lipinski definition) is 3. The van der Waals surface area contributed by atoms with Gasteiger partial charge in [-0.05, 0) is 48.9 Å². The zero-order valence-corrected chi connectivity index (χ0v) is 21.7. The van der Waals surface area contributed by atoms with E-state index in [4.69, 9.17) is 11.6 Å². The highest BCUT2D eigenvalue weighted by Crippen LogP contribution is 2.62. The monoisotopic (exact) mass is 480 g/mol. The number of carbonyl (C=O) groups excluding carboxylic acids is 1. The Labute approximate surface area is 197 Å². The molecule has 8 heteroatoms. The third-order valence-electron chi connectivity index (χ3n) is 7.17. The van der Waals surface area contributed by atoms with Gasteiger partial charge in [0, 0.05) is 38.1 Å². The molecule has 1 aliphatic carbocycles. The normalized spacial score (nSPS) is 23.3. The Balaban J connectivity index is 1.81. The highest BCUT2D eigenvalue weighted by molar-refractivity contribution is 6.76. The average Bonchev–Trinajstić information content (AvgIpc) is 3.47. The van der Waals surface area contributed by atoms with Crippen LogP contribution in [0.4, 0.5) is 4.79 Å². The van der Waals surface area contributed by atoms with Crippen LogP contribution in [0.25, 0.3) is 0 Å². The Morgan fingerprint density at radius 1 is 1.16 bits per heavy atom. The molecule has 178 valence electrons. The molecule has 1 aromatic carbocycles. The second kappa shape index (κ2) is 8.99. The van der Waals surface area contributed by atoms with Crippen molar-refractivity contribution in [2.45, 2.75) is 70.4 Å². The van der Waals surface area contributed by atoms with E-state index in [1.165, 1.54) is 4.90 Å². The smallest absolute Gasteiger partial charge is 0.407 e. The summed E-state index contributed by atoms with van der Waals surface area (Å²) >= 11 is 6.04. The van der Waals surface area contributed by atoms with Crippen LogP contribution in [-0.4, -0.2) is 65.8 Å². The van der Waals surface area contributed by atoms with Crippen molar-refractivity contribution >= 4 is 31.7 Å². The molecule has 1 saturated carbocycles. The van der Waals surface area contributed by atoms with Crippen molar-refractivity contribution in [2.24, 2.45) is 11.3 Å². The lowest BCUT2D eigenvalue weighted by Gasteiger charge is -2.47. The van der Waals surface area contributed by atoms with E-state index in [-0.39, 0.29) is 17.2 Å². The lowest BCUT2D eigenvalue weighted by molar-refractivity contribution is -0.150. The van der Waals surface area contributed by atoms with Crippen LogP contribution in [0.1, 0.15) is 38.7 Å². The van der Waals surface area contributed by atoms with Crippen LogP contribution in [-0.2, 0) is 10.4 Å². The molecule has 2 fully saturated rings. The van der Waals surface area contributed by atoms with Gasteiger partial charge in [0.1, 0.15) is 6.04 Å². The molecule has 1 aromatic rings. The van der Waals surface area contributed by atoms with Gasteiger partial charge >= 0.3 is 6.09 Å². The highest BCUT2D eigenvalue weighted by Gasteiger charge is 2.62. The number of hydrogen-bond donors (Lipinski definition) is 2. The number of carboxylic acid groups (broad SMARTS) is 1. The molecule has 2 amide bonds. The molecule has 2 N–H and O–H groups in total. The minimum atomic E-state index is -1.47. The Morgan fingerprint density at radius 3 is 2.22 bits per heavy atom. The minimum absolute atomic E-state index is 0.132. The van der Waals surface area contributed by atoms with E-state index < -0.39 is 25.8 Å². The Hall–Kier alpha value is -1.57. The number of halogens is 1. The van der Waals surface area contributed by atoms with Gasteiger partial charge in [0.2, 0.25) is 5.91 Å². The first-order chi connectivity index (χ1) is 14.8. The van der Waals surface area contributed by atoms with Crippen LogP contribution < -0.4 is 0 Å². The molecule has 1 aliphatic heterocycles. The van der Waals surface area contributed by atoms with Gasteiger partial charge in [-0.25, -0.2) is 4.79 Å². The van der Waals surface area contributed by atoms with Gasteiger partial charge in [-0.3, -0.25) is 9.69 Å². The van der Waals surface area contributed by atoms with E-state index in [0.29, 0.717) is 31.1 Å². The molecule has 1 unspecified atom stereocenters. The van der Waals surface area contributed by atoms with Gasteiger partial charge in [0.25, 0.3) is 0 Å². The van der Waals surface area contributed by atoms with Gasteiger partial charge in [0.15, 0.2) is 0 Å². The SMILES string of the molecule is CC(C)[C@H](C(=O)N1CCC(O)(c2ccc(Cl)cc2)C2(CC2)C1)N(CC[Si](C)(C)C)C(=O)O. The quantitative estimate of drug-likeness (QED) is 0.545. The van der Waals surface area contributed by atoms with Crippen LogP contribution >= 0.6 is 11.6 Å². The summed E-state index contributed by atoms with van der Waals surface area (Å²) in [4.78, 5) is 28.9. The van der Waals surface area contributed by atoms with Crippen molar-refractivity contribution < 1.29 is 19.8 Å². The van der Waals surface area contributed by atoms with Crippen molar-refractivity contribution in [3.05, 3.63) is 34.9 Å². The van der Waals surface area contributed by atoms with E-state index in [2.05, 4.69) is 19.6 Å². The molecule has 0 aromatic heterocycles. The Bertz CT molecular complexity index is 851. The summed E-state index contributed by atoms with van der Waals surface area (Å²) in [6.45, 7) is 11.7. The van der Waals surface area contributed by atoms with E-state index in [1.54, 1.807) is 17.0 Å². The summed E-state index contributed by atoms with van der Waals surface area (Å²) < 4.78 is 0. The van der Waals surface area contributed by atoms with Crippen LogP contribution in [0.15, 0.2) is 24.3 Å².